The fourth-order valence-electron chi connectivity index (χ4n) is 1.45. The minimum atomic E-state index is 0.0691. The zero-order valence-corrected chi connectivity index (χ0v) is 9.21. The van der Waals surface area contributed by atoms with Crippen molar-refractivity contribution in [2.75, 3.05) is 12.3 Å². The summed E-state index contributed by atoms with van der Waals surface area (Å²) in [4.78, 5) is 7.74. The molecule has 0 amide bonds. The van der Waals surface area contributed by atoms with E-state index in [1.54, 1.807) is 0 Å². The topological polar surface area (TPSA) is 81.3 Å². The number of aliphatic hydroxyl groups excluding tert-OH is 1. The molecule has 1 heterocycles. The summed E-state index contributed by atoms with van der Waals surface area (Å²) in [5.41, 5.74) is 6.98. The molecular formula is C12H13N3O2. The highest BCUT2D eigenvalue weighted by Gasteiger charge is 2.07. The molecule has 1 aromatic carbocycles. The summed E-state index contributed by atoms with van der Waals surface area (Å²) in [5, 5.41) is 8.96. The van der Waals surface area contributed by atoms with Crippen LogP contribution in [0.3, 0.4) is 0 Å². The van der Waals surface area contributed by atoms with Gasteiger partial charge in [-0.15, -0.1) is 0 Å². The fraction of sp³-hybridized carbons (Fsp3) is 0.167. The highest BCUT2D eigenvalue weighted by molar-refractivity contribution is 5.48. The molecule has 0 saturated carbocycles. The Morgan fingerprint density at radius 2 is 2.12 bits per heavy atom. The van der Waals surface area contributed by atoms with Crippen molar-refractivity contribution in [1.82, 2.24) is 9.97 Å². The van der Waals surface area contributed by atoms with Crippen molar-refractivity contribution in [3.63, 3.8) is 0 Å². The number of rotatable bonds is 4. The molecule has 17 heavy (non-hydrogen) atoms. The lowest BCUT2D eigenvalue weighted by Gasteiger charge is -2.10. The average molecular weight is 231 g/mol. The van der Waals surface area contributed by atoms with Crippen LogP contribution < -0.4 is 10.5 Å². The van der Waals surface area contributed by atoms with Gasteiger partial charge in [-0.05, 0) is 18.1 Å². The van der Waals surface area contributed by atoms with Crippen molar-refractivity contribution in [2.24, 2.45) is 0 Å². The second-order valence-corrected chi connectivity index (χ2v) is 3.47. The third-order valence-corrected chi connectivity index (χ3v) is 2.26. The van der Waals surface area contributed by atoms with Gasteiger partial charge in [0.05, 0.1) is 6.20 Å². The summed E-state index contributed by atoms with van der Waals surface area (Å²) >= 11 is 0. The van der Waals surface area contributed by atoms with Gasteiger partial charge in [0.15, 0.2) is 0 Å². The molecule has 0 fully saturated rings. The lowest BCUT2D eigenvalue weighted by atomic mass is 10.1. The molecule has 0 spiro atoms. The number of nitrogen functional groups attached to an aromatic ring is 1. The van der Waals surface area contributed by atoms with Gasteiger partial charge >= 0.3 is 0 Å². The predicted molar refractivity (Wildman–Crippen MR) is 63.8 cm³/mol. The quantitative estimate of drug-likeness (QED) is 0.830. The molecular weight excluding hydrogens is 218 g/mol. The van der Waals surface area contributed by atoms with Gasteiger partial charge in [0.2, 0.25) is 5.88 Å². The molecule has 2 aromatic rings. The Balaban J connectivity index is 2.27. The van der Waals surface area contributed by atoms with Crippen LogP contribution in [-0.2, 0) is 6.42 Å². The first-order valence-corrected chi connectivity index (χ1v) is 5.23. The van der Waals surface area contributed by atoms with Gasteiger partial charge in [-0.3, -0.25) is 0 Å². The van der Waals surface area contributed by atoms with E-state index in [0.29, 0.717) is 23.7 Å². The maximum Gasteiger partial charge on any atom is 0.245 e. The standard InChI is InChI=1S/C12H13N3O2/c13-10-7-14-8-15-12(10)17-11-4-2-1-3-9(11)5-6-16/h1-4,7-8,16H,5-6,13H2. The average Bonchev–Trinajstić information content (AvgIpc) is 2.35. The number of nitrogens with zero attached hydrogens (tertiary/aromatic N) is 2. The largest absolute Gasteiger partial charge is 0.437 e. The Kier molecular flexibility index (Phi) is 3.52. The third-order valence-electron chi connectivity index (χ3n) is 2.26. The number of anilines is 1. The number of ether oxygens (including phenoxy) is 1. The Morgan fingerprint density at radius 3 is 2.88 bits per heavy atom. The Hall–Kier alpha value is -2.14. The summed E-state index contributed by atoms with van der Waals surface area (Å²) in [5.74, 6) is 0.970. The zero-order valence-electron chi connectivity index (χ0n) is 9.21. The van der Waals surface area contributed by atoms with Crippen LogP contribution in [0.15, 0.2) is 36.8 Å². The fourth-order valence-corrected chi connectivity index (χ4v) is 1.45. The van der Waals surface area contributed by atoms with Crippen LogP contribution in [0.2, 0.25) is 0 Å². The maximum atomic E-state index is 8.96. The molecule has 0 bridgehead atoms. The second kappa shape index (κ2) is 5.27. The third kappa shape index (κ3) is 2.70. The number of aliphatic hydroxyl groups is 1. The first-order valence-electron chi connectivity index (χ1n) is 5.23. The minimum Gasteiger partial charge on any atom is -0.437 e. The van der Waals surface area contributed by atoms with Gasteiger partial charge in [0.1, 0.15) is 17.8 Å². The van der Waals surface area contributed by atoms with E-state index in [4.69, 9.17) is 15.6 Å². The monoisotopic (exact) mass is 231 g/mol. The van der Waals surface area contributed by atoms with Crippen molar-refractivity contribution in [3.05, 3.63) is 42.4 Å². The lowest BCUT2D eigenvalue weighted by molar-refractivity contribution is 0.297. The normalized spacial score (nSPS) is 10.2. The molecule has 0 radical (unpaired) electrons. The van der Waals surface area contributed by atoms with Crippen LogP contribution in [0.1, 0.15) is 5.56 Å². The molecule has 0 aliphatic heterocycles. The molecule has 0 atom stereocenters. The summed E-state index contributed by atoms with van der Waals surface area (Å²) in [6.45, 7) is 0.0691. The summed E-state index contributed by atoms with van der Waals surface area (Å²) in [6, 6.07) is 7.45. The van der Waals surface area contributed by atoms with E-state index in [9.17, 15) is 0 Å². The molecule has 88 valence electrons. The van der Waals surface area contributed by atoms with Gasteiger partial charge < -0.3 is 15.6 Å². The Morgan fingerprint density at radius 1 is 1.29 bits per heavy atom. The number of benzene rings is 1. The van der Waals surface area contributed by atoms with Gasteiger partial charge in [0.25, 0.3) is 0 Å². The van der Waals surface area contributed by atoms with Gasteiger partial charge in [-0.2, -0.15) is 4.98 Å². The predicted octanol–water partition coefficient (Wildman–Crippen LogP) is 1.39. The van der Waals surface area contributed by atoms with E-state index in [0.717, 1.165) is 5.56 Å². The first kappa shape index (κ1) is 11.3. The summed E-state index contributed by atoms with van der Waals surface area (Å²) in [6.07, 6.45) is 3.39. The van der Waals surface area contributed by atoms with E-state index < -0.39 is 0 Å². The van der Waals surface area contributed by atoms with Gasteiger partial charge in [0, 0.05) is 6.61 Å². The van der Waals surface area contributed by atoms with Gasteiger partial charge in [-0.1, -0.05) is 18.2 Å². The van der Waals surface area contributed by atoms with Crippen LogP contribution >= 0.6 is 0 Å². The van der Waals surface area contributed by atoms with Crippen LogP contribution in [0, 0.1) is 0 Å². The molecule has 0 unspecified atom stereocenters. The summed E-state index contributed by atoms with van der Waals surface area (Å²) in [7, 11) is 0. The zero-order chi connectivity index (χ0) is 12.1. The highest BCUT2D eigenvalue weighted by atomic mass is 16.5. The van der Waals surface area contributed by atoms with Crippen molar-refractivity contribution in [2.45, 2.75) is 6.42 Å². The smallest absolute Gasteiger partial charge is 0.245 e. The number of para-hydroxylation sites is 1. The summed E-state index contributed by atoms with van der Waals surface area (Å²) < 4.78 is 5.61. The van der Waals surface area contributed by atoms with Crippen molar-refractivity contribution in [1.29, 1.82) is 0 Å². The Labute approximate surface area is 98.9 Å². The Bertz CT molecular complexity index is 503. The van der Waals surface area contributed by atoms with E-state index in [1.807, 2.05) is 24.3 Å². The second-order valence-electron chi connectivity index (χ2n) is 3.47. The molecule has 0 aliphatic rings. The molecule has 2 rings (SSSR count). The molecule has 3 N–H and O–H groups in total. The van der Waals surface area contributed by atoms with Crippen molar-refractivity contribution >= 4 is 5.69 Å². The maximum absolute atomic E-state index is 8.96. The van der Waals surface area contributed by atoms with E-state index in [2.05, 4.69) is 9.97 Å². The molecule has 1 aromatic heterocycles. The SMILES string of the molecule is Nc1cncnc1Oc1ccccc1CCO. The van der Waals surface area contributed by atoms with Crippen LogP contribution in [0.5, 0.6) is 11.6 Å². The van der Waals surface area contributed by atoms with E-state index >= 15 is 0 Å². The van der Waals surface area contributed by atoms with Crippen LogP contribution in [0.4, 0.5) is 5.69 Å². The molecule has 5 heteroatoms. The molecule has 0 aliphatic carbocycles. The number of aromatic nitrogens is 2. The van der Waals surface area contributed by atoms with Gasteiger partial charge in [-0.25, -0.2) is 4.98 Å². The highest BCUT2D eigenvalue weighted by Crippen LogP contribution is 2.27. The number of hydrogen-bond acceptors (Lipinski definition) is 5. The molecule has 0 saturated heterocycles. The number of hydrogen-bond donors (Lipinski definition) is 2. The first-order chi connectivity index (χ1) is 8.31. The van der Waals surface area contributed by atoms with Crippen molar-refractivity contribution in [3.8, 4) is 11.6 Å². The number of nitrogens with two attached hydrogens (primary N) is 1. The van der Waals surface area contributed by atoms with E-state index in [1.165, 1.54) is 12.5 Å². The van der Waals surface area contributed by atoms with Crippen LogP contribution in [0.25, 0.3) is 0 Å². The van der Waals surface area contributed by atoms with Crippen LogP contribution in [-0.4, -0.2) is 21.7 Å². The molecule has 5 nitrogen and oxygen atoms in total. The minimum absolute atomic E-state index is 0.0691. The lowest BCUT2D eigenvalue weighted by Crippen LogP contribution is -1.99. The van der Waals surface area contributed by atoms with E-state index in [-0.39, 0.29) is 6.61 Å². The van der Waals surface area contributed by atoms with Crippen molar-refractivity contribution < 1.29 is 9.84 Å².